The van der Waals surface area contributed by atoms with Crippen molar-refractivity contribution in [3.63, 3.8) is 0 Å². The number of amides is 6. The molecule has 0 aliphatic heterocycles. The van der Waals surface area contributed by atoms with Gasteiger partial charge in [0.2, 0.25) is 18.2 Å². The molecule has 3 unspecified atom stereocenters. The third kappa shape index (κ3) is 18.3. The summed E-state index contributed by atoms with van der Waals surface area (Å²) < 4.78 is 0. The predicted octanol–water partition coefficient (Wildman–Crippen LogP) is 2.11. The number of Topliss-reactive ketones (excluding diaryl/α,β-unsaturated/α-hetero) is 1. The van der Waals surface area contributed by atoms with Crippen LogP contribution in [0, 0.1) is 5.92 Å². The fourth-order valence-electron chi connectivity index (χ4n) is 4.49. The molecule has 0 spiro atoms. The predicted molar refractivity (Wildman–Crippen MR) is 184 cm³/mol. The van der Waals surface area contributed by atoms with Crippen LogP contribution in [0.15, 0.2) is 24.3 Å². The highest BCUT2D eigenvalue weighted by Crippen LogP contribution is 2.10. The van der Waals surface area contributed by atoms with E-state index in [2.05, 4.69) is 31.9 Å². The van der Waals surface area contributed by atoms with Gasteiger partial charge < -0.3 is 37.0 Å². The maximum atomic E-state index is 12.9. The van der Waals surface area contributed by atoms with Crippen molar-refractivity contribution in [3.8, 4) is 0 Å². The van der Waals surface area contributed by atoms with Gasteiger partial charge in [-0.05, 0) is 74.7 Å². The van der Waals surface area contributed by atoms with Gasteiger partial charge in [0.25, 0.3) is 5.91 Å². The van der Waals surface area contributed by atoms with Gasteiger partial charge in [0.15, 0.2) is 0 Å². The largest absolute Gasteiger partial charge is 0.480 e. The fourth-order valence-corrected chi connectivity index (χ4v) is 4.96. The minimum Gasteiger partial charge on any atom is -0.480 e. The van der Waals surface area contributed by atoms with E-state index >= 15 is 0 Å². The number of aliphatic carboxylic acids is 1. The molecule has 15 heteroatoms. The first-order valence-electron chi connectivity index (χ1n) is 16.4. The molecule has 3 atom stereocenters. The zero-order valence-corrected chi connectivity index (χ0v) is 29.0. The number of urea groups is 1. The Morgan fingerprint density at radius 3 is 2.12 bits per heavy atom. The minimum atomic E-state index is -1.22. The quantitative estimate of drug-likeness (QED) is 0.0559. The molecule has 0 aliphatic carbocycles. The van der Waals surface area contributed by atoms with Crippen LogP contribution in [0.1, 0.15) is 87.6 Å². The highest BCUT2D eigenvalue weighted by atomic mass is 32.2. The first kappa shape index (κ1) is 41.9. The molecule has 0 radical (unpaired) electrons. The Hall–Kier alpha value is -4.14. The molecule has 1 rings (SSSR count). The number of benzene rings is 1. The number of carbonyl (C=O) groups is 7. The summed E-state index contributed by atoms with van der Waals surface area (Å²) in [5.41, 5.74) is 1.12. The topological polar surface area (TPSA) is 212 Å². The lowest BCUT2D eigenvalue weighted by Crippen LogP contribution is -2.51. The van der Waals surface area contributed by atoms with Gasteiger partial charge in [0.1, 0.15) is 17.9 Å². The molecule has 14 nitrogen and oxygen atoms in total. The Balaban J connectivity index is 2.39. The number of hydrogen-bond acceptors (Lipinski definition) is 8. The van der Waals surface area contributed by atoms with E-state index in [0.29, 0.717) is 63.0 Å². The summed E-state index contributed by atoms with van der Waals surface area (Å²) in [4.78, 5) is 84.1. The van der Waals surface area contributed by atoms with Gasteiger partial charge in [-0.2, -0.15) is 11.8 Å². The van der Waals surface area contributed by atoms with Crippen molar-refractivity contribution in [3.05, 3.63) is 35.4 Å². The Kier molecular flexibility index (Phi) is 21.8. The molecule has 0 heterocycles. The number of carbonyl (C=O) groups excluding carboxylic acids is 6. The number of unbranched alkanes of at least 4 members (excludes halogenated alkanes) is 3. The van der Waals surface area contributed by atoms with Gasteiger partial charge in [-0.15, -0.1) is 0 Å². The number of carboxylic acid groups (broad SMARTS) is 1. The van der Waals surface area contributed by atoms with Crippen LogP contribution in [-0.4, -0.2) is 90.7 Å². The maximum absolute atomic E-state index is 12.9. The van der Waals surface area contributed by atoms with Crippen LogP contribution in [0.3, 0.4) is 0 Å². The monoisotopic (exact) mass is 692 g/mol. The number of carboxylic acids is 1. The van der Waals surface area contributed by atoms with Crippen LogP contribution in [0.4, 0.5) is 4.79 Å². The van der Waals surface area contributed by atoms with Crippen LogP contribution >= 0.6 is 11.8 Å². The molecule has 0 fully saturated rings. The Morgan fingerprint density at radius 1 is 0.854 bits per heavy atom. The molecule has 0 saturated carbocycles. The van der Waals surface area contributed by atoms with E-state index in [4.69, 9.17) is 0 Å². The second kappa shape index (κ2) is 25.0. The van der Waals surface area contributed by atoms with Crippen LogP contribution in [-0.2, 0) is 30.5 Å². The molecular formula is C33H52N6O8S. The first-order chi connectivity index (χ1) is 23.0. The van der Waals surface area contributed by atoms with Gasteiger partial charge >= 0.3 is 12.0 Å². The van der Waals surface area contributed by atoms with Crippen molar-refractivity contribution in [2.75, 3.05) is 31.6 Å². The lowest BCUT2D eigenvalue weighted by atomic mass is 9.99. The summed E-state index contributed by atoms with van der Waals surface area (Å²) in [6, 6.07) is 4.11. The first-order valence-corrected chi connectivity index (χ1v) is 17.8. The van der Waals surface area contributed by atoms with E-state index in [-0.39, 0.29) is 24.2 Å². The normalized spacial score (nSPS) is 12.5. The van der Waals surface area contributed by atoms with Gasteiger partial charge in [0.05, 0.1) is 6.54 Å². The highest BCUT2D eigenvalue weighted by Gasteiger charge is 2.24. The van der Waals surface area contributed by atoms with Crippen molar-refractivity contribution in [2.45, 2.75) is 90.3 Å². The van der Waals surface area contributed by atoms with Crippen molar-refractivity contribution in [1.82, 2.24) is 31.9 Å². The molecule has 0 aliphatic rings. The van der Waals surface area contributed by atoms with E-state index in [1.54, 1.807) is 24.3 Å². The van der Waals surface area contributed by atoms with Gasteiger partial charge in [0, 0.05) is 37.5 Å². The molecule has 0 saturated heterocycles. The zero-order valence-electron chi connectivity index (χ0n) is 28.2. The molecule has 0 aromatic heterocycles. The van der Waals surface area contributed by atoms with E-state index in [0.717, 1.165) is 31.2 Å². The van der Waals surface area contributed by atoms with Crippen molar-refractivity contribution in [2.24, 2.45) is 5.92 Å². The van der Waals surface area contributed by atoms with Gasteiger partial charge in [-0.3, -0.25) is 24.0 Å². The second-order valence-electron chi connectivity index (χ2n) is 11.4. The fraction of sp³-hybridized carbons (Fsp3) is 0.606. The smallest absolute Gasteiger partial charge is 0.326 e. The summed E-state index contributed by atoms with van der Waals surface area (Å²) in [5.74, 6) is -2.02. The SMILES string of the molecule is CCC(C)C(=O)CCCCCNC(=O)NCCCCC(NC(=O)CNC(=O)C(CCSC)NC(=O)c1ccc(CNC=O)cc1)C(=O)O. The maximum Gasteiger partial charge on any atom is 0.326 e. The van der Waals surface area contributed by atoms with E-state index in [1.165, 1.54) is 11.8 Å². The van der Waals surface area contributed by atoms with Crippen molar-refractivity contribution in [1.29, 1.82) is 0 Å². The minimum absolute atomic E-state index is 0.0927. The summed E-state index contributed by atoms with van der Waals surface area (Å²) in [5, 5.41) is 25.1. The van der Waals surface area contributed by atoms with E-state index < -0.39 is 42.3 Å². The molecule has 48 heavy (non-hydrogen) atoms. The van der Waals surface area contributed by atoms with Crippen LogP contribution in [0.2, 0.25) is 0 Å². The summed E-state index contributed by atoms with van der Waals surface area (Å²) in [6.07, 6.45) is 7.62. The van der Waals surface area contributed by atoms with E-state index in [1.807, 2.05) is 20.1 Å². The molecular weight excluding hydrogens is 640 g/mol. The molecule has 6 amide bonds. The number of hydrogen-bond donors (Lipinski definition) is 7. The highest BCUT2D eigenvalue weighted by molar-refractivity contribution is 7.98. The molecule has 0 bridgehead atoms. The molecule has 268 valence electrons. The number of rotatable bonds is 26. The van der Waals surface area contributed by atoms with Gasteiger partial charge in [-0.25, -0.2) is 9.59 Å². The van der Waals surface area contributed by atoms with E-state index in [9.17, 15) is 38.7 Å². The number of thioether (sulfide) groups is 1. The molecule has 1 aromatic carbocycles. The number of nitrogens with one attached hydrogen (secondary N) is 6. The summed E-state index contributed by atoms with van der Waals surface area (Å²) >= 11 is 1.49. The Labute approximate surface area is 287 Å². The van der Waals surface area contributed by atoms with Crippen molar-refractivity contribution < 1.29 is 38.7 Å². The second-order valence-corrected chi connectivity index (χ2v) is 12.4. The van der Waals surface area contributed by atoms with Crippen molar-refractivity contribution >= 4 is 53.7 Å². The third-order valence-electron chi connectivity index (χ3n) is 7.65. The van der Waals surface area contributed by atoms with Gasteiger partial charge in [-0.1, -0.05) is 32.4 Å². The summed E-state index contributed by atoms with van der Waals surface area (Å²) in [7, 11) is 0. The zero-order chi connectivity index (χ0) is 35.7. The Morgan fingerprint density at radius 2 is 1.52 bits per heavy atom. The molecule has 1 aromatic rings. The van der Waals surface area contributed by atoms with Crippen LogP contribution in [0.5, 0.6) is 0 Å². The average Bonchev–Trinajstić information content (AvgIpc) is 3.08. The lowest BCUT2D eigenvalue weighted by molar-refractivity contribution is -0.142. The summed E-state index contributed by atoms with van der Waals surface area (Å²) in [6.45, 7) is 4.60. The van der Waals surface area contributed by atoms with Crippen LogP contribution < -0.4 is 31.9 Å². The van der Waals surface area contributed by atoms with Crippen LogP contribution in [0.25, 0.3) is 0 Å². The lowest BCUT2D eigenvalue weighted by Gasteiger charge is -2.19. The third-order valence-corrected chi connectivity index (χ3v) is 8.29. The molecule has 7 N–H and O–H groups in total. The number of ketones is 1. The Bertz CT molecular complexity index is 1180. The average molecular weight is 693 g/mol. The standard InChI is InChI=1S/C33H52N6O8S/c1-4-23(2)28(41)11-6-5-8-17-35-33(47)36-18-9-7-10-27(32(45)46)38-29(42)21-37-31(44)26(16-19-48-3)39-30(43)25-14-12-24(13-15-25)20-34-22-40/h12-15,22-23,26-27H,4-11,16-21H2,1-3H3,(H,34,40)(H,37,44)(H,38,42)(H,39,43)(H,45,46)(H2,35,36,47).